The van der Waals surface area contributed by atoms with Crippen LogP contribution in [0.4, 0.5) is 23.7 Å². The van der Waals surface area contributed by atoms with Crippen LogP contribution in [-0.4, -0.2) is 50.3 Å². The van der Waals surface area contributed by atoms with Gasteiger partial charge in [-0.05, 0) is 36.4 Å². The summed E-state index contributed by atoms with van der Waals surface area (Å²) in [5.41, 5.74) is -1.17. The maximum Gasteiger partial charge on any atom is 0.416 e. The van der Waals surface area contributed by atoms with Crippen LogP contribution in [0, 0.1) is 0 Å². The second kappa shape index (κ2) is 9.56. The van der Waals surface area contributed by atoms with Gasteiger partial charge in [-0.1, -0.05) is 15.9 Å². The van der Waals surface area contributed by atoms with Crippen LogP contribution >= 0.6 is 15.9 Å². The normalized spacial score (nSPS) is 14.2. The van der Waals surface area contributed by atoms with E-state index in [0.29, 0.717) is 30.8 Å². The molecule has 11 heteroatoms. The Balaban J connectivity index is 1.86. The summed E-state index contributed by atoms with van der Waals surface area (Å²) in [5, 5.41) is 2.40. The number of carbonyl (C=O) groups is 2. The molecule has 1 N–H and O–H groups in total. The Morgan fingerprint density at radius 2 is 1.77 bits per heavy atom. The maximum atomic E-state index is 13.1. The number of ether oxygens (including phenoxy) is 3. The van der Waals surface area contributed by atoms with Crippen molar-refractivity contribution >= 4 is 33.6 Å². The molecule has 0 aliphatic carbocycles. The summed E-state index contributed by atoms with van der Waals surface area (Å²) in [6, 6.07) is 7.12. The fraction of sp³-hybridized carbons (Fsp3) is 0.300. The van der Waals surface area contributed by atoms with Crippen LogP contribution in [0.5, 0.6) is 11.5 Å². The lowest BCUT2D eigenvalue weighted by Gasteiger charge is -2.26. The molecule has 0 radical (unpaired) electrons. The zero-order valence-electron chi connectivity index (χ0n) is 16.3. The first kappa shape index (κ1) is 22.9. The van der Waals surface area contributed by atoms with Crippen LogP contribution in [-0.2, 0) is 10.9 Å². The number of nitrogens with one attached hydrogen (secondary N) is 1. The van der Waals surface area contributed by atoms with E-state index in [0.717, 1.165) is 18.2 Å². The molecule has 1 heterocycles. The number of alkyl halides is 3. The van der Waals surface area contributed by atoms with E-state index in [-0.39, 0.29) is 22.7 Å². The summed E-state index contributed by atoms with van der Waals surface area (Å²) >= 11 is 3.24. The zero-order valence-corrected chi connectivity index (χ0v) is 17.9. The standard InChI is InChI=1S/C20H18BrF3N2O5/c1-29-17-4-2-12(20(22,23)24)10-15(17)25-18(27)14-11-13(21)3-5-16(14)31-19(28)26-6-8-30-9-7-26/h2-5,10-11H,6-9H2,1H3,(H,25,27). The smallest absolute Gasteiger partial charge is 0.416 e. The summed E-state index contributed by atoms with van der Waals surface area (Å²) in [5.74, 6) is -0.768. The van der Waals surface area contributed by atoms with Gasteiger partial charge < -0.3 is 24.4 Å². The van der Waals surface area contributed by atoms with E-state index in [1.165, 1.54) is 24.1 Å². The monoisotopic (exact) mass is 502 g/mol. The minimum Gasteiger partial charge on any atom is -0.495 e. The van der Waals surface area contributed by atoms with Gasteiger partial charge in [0.2, 0.25) is 0 Å². The highest BCUT2D eigenvalue weighted by molar-refractivity contribution is 9.10. The topological polar surface area (TPSA) is 77.1 Å². The van der Waals surface area contributed by atoms with Crippen LogP contribution in [0.15, 0.2) is 40.9 Å². The predicted molar refractivity (Wildman–Crippen MR) is 109 cm³/mol. The average molecular weight is 503 g/mol. The van der Waals surface area contributed by atoms with E-state index in [2.05, 4.69) is 21.2 Å². The Morgan fingerprint density at radius 1 is 1.10 bits per heavy atom. The Kier molecular flexibility index (Phi) is 7.06. The third-order valence-corrected chi connectivity index (χ3v) is 4.92. The van der Waals surface area contributed by atoms with Gasteiger partial charge in [0, 0.05) is 17.6 Å². The van der Waals surface area contributed by atoms with E-state index in [4.69, 9.17) is 14.2 Å². The number of rotatable bonds is 4. The second-order valence-electron chi connectivity index (χ2n) is 6.47. The molecule has 0 atom stereocenters. The summed E-state index contributed by atoms with van der Waals surface area (Å²) in [7, 11) is 1.27. The Morgan fingerprint density at radius 3 is 2.42 bits per heavy atom. The maximum absolute atomic E-state index is 13.1. The highest BCUT2D eigenvalue weighted by atomic mass is 79.9. The molecule has 0 bridgehead atoms. The van der Waals surface area contributed by atoms with Crippen molar-refractivity contribution in [2.24, 2.45) is 0 Å². The number of amides is 2. The van der Waals surface area contributed by atoms with E-state index in [1.807, 2.05) is 0 Å². The molecule has 0 saturated carbocycles. The summed E-state index contributed by atoms with van der Waals surface area (Å²) in [6.45, 7) is 1.44. The van der Waals surface area contributed by atoms with Crippen molar-refractivity contribution in [1.82, 2.24) is 4.90 Å². The second-order valence-corrected chi connectivity index (χ2v) is 7.39. The fourth-order valence-corrected chi connectivity index (χ4v) is 3.21. The number of halogens is 4. The van der Waals surface area contributed by atoms with E-state index in [9.17, 15) is 22.8 Å². The Hall–Kier alpha value is -2.79. The van der Waals surface area contributed by atoms with Crippen molar-refractivity contribution in [1.29, 1.82) is 0 Å². The SMILES string of the molecule is COc1ccc(C(F)(F)F)cc1NC(=O)c1cc(Br)ccc1OC(=O)N1CCOCC1. The predicted octanol–water partition coefficient (Wildman–Crippen LogP) is 4.56. The van der Waals surface area contributed by atoms with Gasteiger partial charge in [0.05, 0.1) is 37.1 Å². The first-order valence-electron chi connectivity index (χ1n) is 9.09. The highest BCUT2D eigenvalue weighted by Crippen LogP contribution is 2.35. The van der Waals surface area contributed by atoms with Crippen LogP contribution < -0.4 is 14.8 Å². The molecule has 166 valence electrons. The third-order valence-electron chi connectivity index (χ3n) is 4.43. The van der Waals surface area contributed by atoms with Crippen LogP contribution in [0.3, 0.4) is 0 Å². The lowest BCUT2D eigenvalue weighted by molar-refractivity contribution is -0.137. The quantitative estimate of drug-likeness (QED) is 0.663. The minimum atomic E-state index is -4.60. The number of anilines is 1. The van der Waals surface area contributed by atoms with Gasteiger partial charge in [0.15, 0.2) is 0 Å². The average Bonchev–Trinajstić information content (AvgIpc) is 2.74. The van der Waals surface area contributed by atoms with E-state index in [1.54, 1.807) is 6.07 Å². The van der Waals surface area contributed by atoms with Gasteiger partial charge in [0.1, 0.15) is 11.5 Å². The van der Waals surface area contributed by atoms with Crippen molar-refractivity contribution in [2.45, 2.75) is 6.18 Å². The van der Waals surface area contributed by atoms with Gasteiger partial charge in [-0.3, -0.25) is 4.79 Å². The molecule has 0 spiro atoms. The molecule has 1 fully saturated rings. The minimum absolute atomic E-state index is 0.0388. The van der Waals surface area contributed by atoms with Crippen LogP contribution in [0.2, 0.25) is 0 Å². The van der Waals surface area contributed by atoms with Crippen molar-refractivity contribution in [2.75, 3.05) is 38.7 Å². The Bertz CT molecular complexity index is 978. The van der Waals surface area contributed by atoms with Gasteiger partial charge in [-0.2, -0.15) is 13.2 Å². The first-order valence-corrected chi connectivity index (χ1v) is 9.89. The molecule has 31 heavy (non-hydrogen) atoms. The van der Waals surface area contributed by atoms with Crippen molar-refractivity contribution in [3.63, 3.8) is 0 Å². The zero-order chi connectivity index (χ0) is 22.6. The van der Waals surface area contributed by atoms with Gasteiger partial charge in [-0.15, -0.1) is 0 Å². The molecular weight excluding hydrogens is 485 g/mol. The van der Waals surface area contributed by atoms with Gasteiger partial charge >= 0.3 is 12.3 Å². The largest absolute Gasteiger partial charge is 0.495 e. The number of morpholine rings is 1. The molecular formula is C20H18BrF3N2O5. The number of nitrogens with zero attached hydrogens (tertiary/aromatic N) is 1. The molecule has 2 aromatic carbocycles. The molecule has 2 aromatic rings. The van der Waals surface area contributed by atoms with Crippen molar-refractivity contribution in [3.8, 4) is 11.5 Å². The van der Waals surface area contributed by atoms with Gasteiger partial charge in [0.25, 0.3) is 5.91 Å². The fourth-order valence-electron chi connectivity index (χ4n) is 2.84. The van der Waals surface area contributed by atoms with Gasteiger partial charge in [-0.25, -0.2) is 4.79 Å². The molecule has 7 nitrogen and oxygen atoms in total. The van der Waals surface area contributed by atoms with E-state index < -0.39 is 23.7 Å². The molecule has 1 aliphatic heterocycles. The molecule has 0 aromatic heterocycles. The number of methoxy groups -OCH3 is 1. The molecule has 1 saturated heterocycles. The first-order chi connectivity index (χ1) is 14.7. The summed E-state index contributed by atoms with van der Waals surface area (Å²) in [6.07, 6.45) is -5.25. The lowest BCUT2D eigenvalue weighted by Crippen LogP contribution is -2.42. The summed E-state index contributed by atoms with van der Waals surface area (Å²) < 4.78 is 55.3. The van der Waals surface area contributed by atoms with Crippen molar-refractivity contribution < 1.29 is 37.0 Å². The highest BCUT2D eigenvalue weighted by Gasteiger charge is 2.31. The van der Waals surface area contributed by atoms with Crippen LogP contribution in [0.1, 0.15) is 15.9 Å². The molecule has 0 unspecified atom stereocenters. The lowest BCUT2D eigenvalue weighted by atomic mass is 10.1. The van der Waals surface area contributed by atoms with Crippen LogP contribution in [0.25, 0.3) is 0 Å². The molecule has 2 amide bonds. The Labute approximate surface area is 184 Å². The summed E-state index contributed by atoms with van der Waals surface area (Å²) in [4.78, 5) is 26.7. The number of benzene rings is 2. The number of carbonyl (C=O) groups excluding carboxylic acids is 2. The molecule has 3 rings (SSSR count). The number of hydrogen-bond acceptors (Lipinski definition) is 5. The van der Waals surface area contributed by atoms with Crippen molar-refractivity contribution in [3.05, 3.63) is 52.0 Å². The van der Waals surface area contributed by atoms with E-state index >= 15 is 0 Å². The molecule has 1 aliphatic rings. The number of hydrogen-bond donors (Lipinski definition) is 1. The third kappa shape index (κ3) is 5.67.